The lowest BCUT2D eigenvalue weighted by molar-refractivity contribution is -0.131. The Kier molecular flexibility index (Phi) is 5.63. The van der Waals surface area contributed by atoms with Gasteiger partial charge in [-0.3, -0.25) is 14.4 Å². The van der Waals surface area contributed by atoms with Crippen molar-refractivity contribution < 1.29 is 23.9 Å². The van der Waals surface area contributed by atoms with Gasteiger partial charge in [-0.25, -0.2) is 4.79 Å². The zero-order valence-corrected chi connectivity index (χ0v) is 16.1. The second kappa shape index (κ2) is 8.14. The van der Waals surface area contributed by atoms with Crippen LogP contribution in [0.15, 0.2) is 48.5 Å². The van der Waals surface area contributed by atoms with E-state index >= 15 is 0 Å². The van der Waals surface area contributed by atoms with Crippen molar-refractivity contribution in [2.45, 2.75) is 19.8 Å². The quantitative estimate of drug-likeness (QED) is 0.514. The van der Waals surface area contributed by atoms with Gasteiger partial charge in [0.15, 0.2) is 0 Å². The van der Waals surface area contributed by atoms with Crippen molar-refractivity contribution in [3.05, 3.63) is 54.1 Å². The lowest BCUT2D eigenvalue weighted by Gasteiger charge is -2.17. The first-order chi connectivity index (χ1) is 13.9. The molecule has 3 amide bonds. The van der Waals surface area contributed by atoms with Gasteiger partial charge in [0.05, 0.1) is 18.4 Å². The topological polar surface area (TPSA) is 114 Å². The number of esters is 1. The molecule has 150 valence electrons. The molecule has 0 saturated heterocycles. The van der Waals surface area contributed by atoms with Crippen LogP contribution >= 0.6 is 0 Å². The lowest BCUT2D eigenvalue weighted by atomic mass is 10.0. The van der Waals surface area contributed by atoms with Gasteiger partial charge in [0.2, 0.25) is 17.7 Å². The number of carbonyl (C=O) groups is 4. The molecule has 1 fully saturated rings. The Labute approximate surface area is 167 Å². The minimum Gasteiger partial charge on any atom is -0.465 e. The number of para-hydroxylation sites is 1. The van der Waals surface area contributed by atoms with E-state index in [1.54, 1.807) is 42.5 Å². The molecule has 8 nitrogen and oxygen atoms in total. The lowest BCUT2D eigenvalue weighted by Crippen LogP contribution is -2.36. The van der Waals surface area contributed by atoms with E-state index in [9.17, 15) is 19.2 Å². The first-order valence-corrected chi connectivity index (χ1v) is 9.03. The van der Waals surface area contributed by atoms with Crippen molar-refractivity contribution in [3.8, 4) is 0 Å². The summed E-state index contributed by atoms with van der Waals surface area (Å²) in [6.07, 6.45) is 0.823. The number of hydrogen-bond acceptors (Lipinski definition) is 5. The Bertz CT molecular complexity index is 965. The molecule has 2 aromatic rings. The molecule has 0 atom stereocenters. The zero-order chi connectivity index (χ0) is 21.0. The van der Waals surface area contributed by atoms with E-state index in [0.717, 1.165) is 0 Å². The molecular weight excluding hydrogens is 374 g/mol. The Morgan fingerprint density at radius 2 is 1.38 bits per heavy atom. The van der Waals surface area contributed by atoms with E-state index in [0.29, 0.717) is 29.9 Å². The summed E-state index contributed by atoms with van der Waals surface area (Å²) in [6, 6.07) is 13.1. The van der Waals surface area contributed by atoms with Crippen LogP contribution in [-0.2, 0) is 19.1 Å². The third-order valence-electron chi connectivity index (χ3n) is 4.66. The van der Waals surface area contributed by atoms with Crippen molar-refractivity contribution in [1.29, 1.82) is 0 Å². The van der Waals surface area contributed by atoms with Crippen molar-refractivity contribution in [3.63, 3.8) is 0 Å². The van der Waals surface area contributed by atoms with Crippen molar-refractivity contribution in [2.75, 3.05) is 23.1 Å². The van der Waals surface area contributed by atoms with Crippen LogP contribution < -0.4 is 16.0 Å². The van der Waals surface area contributed by atoms with Crippen molar-refractivity contribution in [2.24, 2.45) is 5.41 Å². The summed E-state index contributed by atoms with van der Waals surface area (Å²) in [5.41, 5.74) is 0.447. The average molecular weight is 395 g/mol. The normalized spacial score (nSPS) is 13.7. The molecule has 1 aliphatic rings. The summed E-state index contributed by atoms with van der Waals surface area (Å²) in [5.74, 6) is -1.66. The van der Waals surface area contributed by atoms with Gasteiger partial charge in [-0.1, -0.05) is 12.1 Å². The van der Waals surface area contributed by atoms with Crippen LogP contribution in [0.2, 0.25) is 0 Å². The first kappa shape index (κ1) is 20.1. The number of carbonyl (C=O) groups excluding carboxylic acids is 4. The smallest absolute Gasteiger partial charge is 0.339 e. The number of anilines is 3. The molecule has 0 heterocycles. The van der Waals surface area contributed by atoms with Crippen LogP contribution in [0.3, 0.4) is 0 Å². The largest absolute Gasteiger partial charge is 0.465 e. The highest BCUT2D eigenvalue weighted by Crippen LogP contribution is 2.47. The number of amides is 3. The maximum absolute atomic E-state index is 12.8. The van der Waals surface area contributed by atoms with E-state index < -0.39 is 23.2 Å². The predicted molar refractivity (Wildman–Crippen MR) is 107 cm³/mol. The number of nitrogens with one attached hydrogen (secondary N) is 3. The zero-order valence-electron chi connectivity index (χ0n) is 16.1. The summed E-state index contributed by atoms with van der Waals surface area (Å²) in [7, 11) is 1.26. The molecule has 0 unspecified atom stereocenters. The highest BCUT2D eigenvalue weighted by Gasteiger charge is 2.56. The highest BCUT2D eigenvalue weighted by molar-refractivity contribution is 6.17. The monoisotopic (exact) mass is 395 g/mol. The Morgan fingerprint density at radius 3 is 1.93 bits per heavy atom. The third kappa shape index (κ3) is 4.43. The van der Waals surface area contributed by atoms with E-state index in [2.05, 4.69) is 16.0 Å². The molecule has 0 aliphatic heterocycles. The molecule has 1 aliphatic carbocycles. The number of benzene rings is 2. The number of methoxy groups -OCH3 is 1. The van der Waals surface area contributed by atoms with E-state index in [1.807, 2.05) is 0 Å². The summed E-state index contributed by atoms with van der Waals surface area (Å²) < 4.78 is 4.72. The van der Waals surface area contributed by atoms with Gasteiger partial charge >= 0.3 is 5.97 Å². The molecule has 2 aromatic carbocycles. The maximum Gasteiger partial charge on any atom is 0.339 e. The summed E-state index contributed by atoms with van der Waals surface area (Å²) >= 11 is 0. The fraction of sp³-hybridized carbons (Fsp3) is 0.238. The fourth-order valence-corrected chi connectivity index (χ4v) is 2.90. The SMILES string of the molecule is COC(=O)c1ccccc1NC(=O)C1(C(=O)Nc2ccc(NC(C)=O)cc2)CC1. The molecule has 0 aromatic heterocycles. The van der Waals surface area contributed by atoms with Gasteiger partial charge in [0.1, 0.15) is 5.41 Å². The second-order valence-corrected chi connectivity index (χ2v) is 6.79. The molecule has 1 saturated carbocycles. The second-order valence-electron chi connectivity index (χ2n) is 6.79. The molecule has 0 bridgehead atoms. The van der Waals surface area contributed by atoms with Gasteiger partial charge < -0.3 is 20.7 Å². The summed E-state index contributed by atoms with van der Waals surface area (Å²) in [4.78, 5) is 48.5. The highest BCUT2D eigenvalue weighted by atomic mass is 16.5. The molecule has 0 radical (unpaired) electrons. The minimum absolute atomic E-state index is 0.192. The van der Waals surface area contributed by atoms with Crippen LogP contribution in [0, 0.1) is 5.41 Å². The van der Waals surface area contributed by atoms with Crippen molar-refractivity contribution in [1.82, 2.24) is 0 Å². The fourth-order valence-electron chi connectivity index (χ4n) is 2.90. The van der Waals surface area contributed by atoms with Gasteiger partial charge in [-0.05, 0) is 49.2 Å². The molecule has 8 heteroatoms. The number of ether oxygens (including phenoxy) is 1. The van der Waals surface area contributed by atoms with E-state index in [4.69, 9.17) is 4.74 Å². The molecular formula is C21H21N3O5. The number of rotatable bonds is 6. The number of hydrogen-bond donors (Lipinski definition) is 3. The Balaban J connectivity index is 1.69. The Hall–Kier alpha value is -3.68. The van der Waals surface area contributed by atoms with Gasteiger partial charge in [0, 0.05) is 18.3 Å². The van der Waals surface area contributed by atoms with E-state index in [1.165, 1.54) is 20.1 Å². The van der Waals surface area contributed by atoms with Crippen LogP contribution in [0.1, 0.15) is 30.1 Å². The summed E-state index contributed by atoms with van der Waals surface area (Å²) in [6.45, 7) is 1.41. The molecule has 3 N–H and O–H groups in total. The molecule has 3 rings (SSSR count). The van der Waals surface area contributed by atoms with E-state index in [-0.39, 0.29) is 11.5 Å². The predicted octanol–water partition coefficient (Wildman–Crippen LogP) is 2.79. The Morgan fingerprint density at radius 1 is 0.828 bits per heavy atom. The molecule has 0 spiro atoms. The first-order valence-electron chi connectivity index (χ1n) is 9.03. The van der Waals surface area contributed by atoms with Gasteiger partial charge in [-0.15, -0.1) is 0 Å². The van der Waals surface area contributed by atoms with Crippen LogP contribution in [0.4, 0.5) is 17.1 Å². The third-order valence-corrected chi connectivity index (χ3v) is 4.66. The average Bonchev–Trinajstić information content (AvgIpc) is 3.51. The standard InChI is InChI=1S/C21H21N3O5/c1-13(25)22-14-7-9-15(10-8-14)23-19(27)21(11-12-21)20(28)24-17-6-4-3-5-16(17)18(26)29-2/h3-10H,11-12H2,1-2H3,(H,22,25)(H,23,27)(H,24,28). The maximum atomic E-state index is 12.8. The van der Waals surface area contributed by atoms with Gasteiger partial charge in [-0.2, -0.15) is 0 Å². The van der Waals surface area contributed by atoms with Crippen LogP contribution in [0.5, 0.6) is 0 Å². The van der Waals surface area contributed by atoms with Crippen LogP contribution in [0.25, 0.3) is 0 Å². The summed E-state index contributed by atoms with van der Waals surface area (Å²) in [5, 5.41) is 8.05. The minimum atomic E-state index is -1.18. The van der Waals surface area contributed by atoms with Crippen molar-refractivity contribution >= 4 is 40.8 Å². The van der Waals surface area contributed by atoms with Gasteiger partial charge in [0.25, 0.3) is 0 Å². The molecule has 29 heavy (non-hydrogen) atoms. The van der Waals surface area contributed by atoms with Crippen LogP contribution in [-0.4, -0.2) is 30.8 Å².